The molecule has 3 aromatic rings. The summed E-state index contributed by atoms with van der Waals surface area (Å²) in [7, 11) is 0. The smallest absolute Gasteiger partial charge is 0.110 e. The molecule has 25 heavy (non-hydrogen) atoms. The summed E-state index contributed by atoms with van der Waals surface area (Å²) in [5, 5.41) is 11.1. The van der Waals surface area contributed by atoms with Crippen LogP contribution < -0.4 is 0 Å². The van der Waals surface area contributed by atoms with Gasteiger partial charge in [0, 0.05) is 19.5 Å². The van der Waals surface area contributed by atoms with Gasteiger partial charge >= 0.3 is 0 Å². The van der Waals surface area contributed by atoms with E-state index in [0.29, 0.717) is 6.42 Å². The summed E-state index contributed by atoms with van der Waals surface area (Å²) in [6.07, 6.45) is 3.23. The van der Waals surface area contributed by atoms with Crippen molar-refractivity contribution in [1.29, 1.82) is 0 Å². The molecule has 4 heteroatoms. The Morgan fingerprint density at radius 1 is 1.00 bits per heavy atom. The zero-order valence-electron chi connectivity index (χ0n) is 14.5. The predicted molar refractivity (Wildman–Crippen MR) is 100 cm³/mol. The summed E-state index contributed by atoms with van der Waals surface area (Å²) < 4.78 is 0. The van der Waals surface area contributed by atoms with Crippen LogP contribution >= 0.6 is 0 Å². The number of nitrogens with one attached hydrogen (secondary N) is 1. The van der Waals surface area contributed by atoms with Crippen molar-refractivity contribution in [3.8, 4) is 0 Å². The van der Waals surface area contributed by atoms with Crippen molar-refractivity contribution in [2.75, 3.05) is 13.1 Å². The summed E-state index contributed by atoms with van der Waals surface area (Å²) in [5.74, 6) is 0.889. The first-order valence-electron chi connectivity index (χ1n) is 9.13. The second-order valence-electron chi connectivity index (χ2n) is 7.22. The van der Waals surface area contributed by atoms with Crippen molar-refractivity contribution in [2.24, 2.45) is 0 Å². The number of H-pyrrole nitrogens is 1. The highest BCUT2D eigenvalue weighted by molar-refractivity contribution is 5.74. The monoisotopic (exact) mass is 335 g/mol. The molecule has 0 saturated carbocycles. The predicted octanol–water partition coefficient (Wildman–Crippen LogP) is 3.52. The van der Waals surface area contributed by atoms with Crippen molar-refractivity contribution in [1.82, 2.24) is 14.9 Å². The zero-order valence-corrected chi connectivity index (χ0v) is 14.5. The number of para-hydroxylation sites is 2. The van der Waals surface area contributed by atoms with E-state index < -0.39 is 5.60 Å². The van der Waals surface area contributed by atoms with Gasteiger partial charge in [-0.2, -0.15) is 0 Å². The summed E-state index contributed by atoms with van der Waals surface area (Å²) in [6, 6.07) is 18.6. The molecule has 0 amide bonds. The van der Waals surface area contributed by atoms with Crippen molar-refractivity contribution in [3.05, 3.63) is 66.0 Å². The van der Waals surface area contributed by atoms with E-state index in [1.807, 2.05) is 24.3 Å². The van der Waals surface area contributed by atoms with Crippen LogP contribution in [0.15, 0.2) is 54.6 Å². The van der Waals surface area contributed by atoms with Gasteiger partial charge in [0.25, 0.3) is 0 Å². The fourth-order valence-corrected chi connectivity index (χ4v) is 3.81. The fourth-order valence-electron chi connectivity index (χ4n) is 3.81. The van der Waals surface area contributed by atoms with E-state index in [9.17, 15) is 5.11 Å². The molecular weight excluding hydrogens is 310 g/mol. The van der Waals surface area contributed by atoms with Crippen LogP contribution in [0.2, 0.25) is 0 Å². The van der Waals surface area contributed by atoms with Crippen LogP contribution in [0.25, 0.3) is 11.0 Å². The Balaban J connectivity index is 1.42. The molecule has 1 aromatic heterocycles. The van der Waals surface area contributed by atoms with Gasteiger partial charge in [-0.25, -0.2) is 4.98 Å². The highest BCUT2D eigenvalue weighted by Crippen LogP contribution is 2.27. The highest BCUT2D eigenvalue weighted by atomic mass is 16.3. The quantitative estimate of drug-likeness (QED) is 0.767. The third-order valence-electron chi connectivity index (χ3n) is 5.19. The lowest BCUT2D eigenvalue weighted by Gasteiger charge is -2.26. The maximum Gasteiger partial charge on any atom is 0.110 e. The van der Waals surface area contributed by atoms with Gasteiger partial charge < -0.3 is 10.1 Å². The van der Waals surface area contributed by atoms with E-state index >= 15 is 0 Å². The van der Waals surface area contributed by atoms with E-state index in [4.69, 9.17) is 0 Å². The van der Waals surface area contributed by atoms with Gasteiger partial charge in [-0.3, -0.25) is 4.90 Å². The van der Waals surface area contributed by atoms with E-state index in [1.54, 1.807) is 0 Å². The van der Waals surface area contributed by atoms with Crippen LogP contribution in [0.4, 0.5) is 0 Å². The van der Waals surface area contributed by atoms with E-state index in [1.165, 1.54) is 5.56 Å². The molecule has 2 aromatic carbocycles. The third-order valence-corrected chi connectivity index (χ3v) is 5.19. The average Bonchev–Trinajstić information content (AvgIpc) is 2.93. The van der Waals surface area contributed by atoms with E-state index in [2.05, 4.69) is 45.2 Å². The van der Waals surface area contributed by atoms with Crippen molar-refractivity contribution in [2.45, 2.75) is 37.8 Å². The van der Waals surface area contributed by atoms with Gasteiger partial charge in [0.15, 0.2) is 0 Å². The van der Waals surface area contributed by atoms with Crippen LogP contribution in [0.1, 0.15) is 30.7 Å². The first-order valence-corrected chi connectivity index (χ1v) is 9.13. The minimum absolute atomic E-state index is 0.598. The zero-order chi connectivity index (χ0) is 17.1. The third kappa shape index (κ3) is 3.91. The molecule has 1 fully saturated rings. The first-order chi connectivity index (χ1) is 12.2. The van der Waals surface area contributed by atoms with Gasteiger partial charge in [0.2, 0.25) is 0 Å². The van der Waals surface area contributed by atoms with Crippen LogP contribution in [-0.4, -0.2) is 38.7 Å². The summed E-state index contributed by atoms with van der Waals surface area (Å²) in [6.45, 7) is 2.92. The SMILES string of the molecule is OC1(Cc2nc3ccccc3[nH]2)CCCN(Cc2ccccc2)CC1. The molecule has 0 spiro atoms. The molecule has 2 heterocycles. The lowest BCUT2D eigenvalue weighted by Crippen LogP contribution is -2.33. The normalized spacial score (nSPS) is 22.1. The molecule has 1 unspecified atom stereocenters. The number of aromatic nitrogens is 2. The Morgan fingerprint density at radius 3 is 2.64 bits per heavy atom. The summed E-state index contributed by atoms with van der Waals surface area (Å²) in [5.41, 5.74) is 2.69. The van der Waals surface area contributed by atoms with Gasteiger partial charge in [0.1, 0.15) is 5.82 Å². The fraction of sp³-hybridized carbons (Fsp3) is 0.381. The molecule has 130 valence electrons. The van der Waals surface area contributed by atoms with Crippen LogP contribution in [0, 0.1) is 0 Å². The number of hydrogen-bond donors (Lipinski definition) is 2. The average molecular weight is 335 g/mol. The van der Waals surface area contributed by atoms with Crippen LogP contribution in [-0.2, 0) is 13.0 Å². The van der Waals surface area contributed by atoms with E-state index in [0.717, 1.165) is 55.8 Å². The number of aromatic amines is 1. The number of imidazole rings is 1. The second-order valence-corrected chi connectivity index (χ2v) is 7.22. The van der Waals surface area contributed by atoms with Crippen LogP contribution in [0.5, 0.6) is 0 Å². The Hall–Kier alpha value is -2.17. The standard InChI is InChI=1S/C21H25N3O/c25-21(15-20-22-18-9-4-5-10-19(18)23-20)11-6-13-24(14-12-21)16-17-7-2-1-3-8-17/h1-5,7-10,25H,6,11-16H2,(H,22,23). The lowest BCUT2D eigenvalue weighted by atomic mass is 9.91. The second kappa shape index (κ2) is 6.98. The maximum atomic E-state index is 11.1. The van der Waals surface area contributed by atoms with Gasteiger partial charge in [-0.05, 0) is 43.5 Å². The topological polar surface area (TPSA) is 52.2 Å². The molecule has 2 N–H and O–H groups in total. The number of likely N-dealkylation sites (tertiary alicyclic amines) is 1. The number of fused-ring (bicyclic) bond motifs is 1. The van der Waals surface area contributed by atoms with Gasteiger partial charge in [-0.1, -0.05) is 42.5 Å². The Labute approximate surface area is 148 Å². The minimum Gasteiger partial charge on any atom is -0.389 e. The van der Waals surface area contributed by atoms with Crippen molar-refractivity contribution < 1.29 is 5.11 Å². The number of rotatable bonds is 4. The van der Waals surface area contributed by atoms with Gasteiger partial charge in [-0.15, -0.1) is 0 Å². The molecule has 4 rings (SSSR count). The molecule has 0 radical (unpaired) electrons. The Bertz CT molecular complexity index is 796. The Morgan fingerprint density at radius 2 is 1.80 bits per heavy atom. The summed E-state index contributed by atoms with van der Waals surface area (Å²) in [4.78, 5) is 10.4. The van der Waals surface area contributed by atoms with E-state index in [-0.39, 0.29) is 0 Å². The van der Waals surface area contributed by atoms with Crippen molar-refractivity contribution in [3.63, 3.8) is 0 Å². The number of benzene rings is 2. The molecule has 1 saturated heterocycles. The molecule has 0 bridgehead atoms. The highest BCUT2D eigenvalue weighted by Gasteiger charge is 2.31. The molecule has 1 aliphatic rings. The largest absolute Gasteiger partial charge is 0.389 e. The number of hydrogen-bond acceptors (Lipinski definition) is 3. The molecule has 0 aliphatic carbocycles. The van der Waals surface area contributed by atoms with Crippen LogP contribution in [0.3, 0.4) is 0 Å². The van der Waals surface area contributed by atoms with Gasteiger partial charge in [0.05, 0.1) is 16.6 Å². The molecule has 4 nitrogen and oxygen atoms in total. The first kappa shape index (κ1) is 16.3. The maximum absolute atomic E-state index is 11.1. The Kier molecular flexibility index (Phi) is 4.55. The molecular formula is C21H25N3O. The lowest BCUT2D eigenvalue weighted by molar-refractivity contribution is 0.0239. The molecule has 1 aliphatic heterocycles. The number of aliphatic hydroxyl groups is 1. The minimum atomic E-state index is -0.667. The van der Waals surface area contributed by atoms with Crippen molar-refractivity contribution >= 4 is 11.0 Å². The number of nitrogens with zero attached hydrogens (tertiary/aromatic N) is 2. The summed E-state index contributed by atoms with van der Waals surface area (Å²) >= 11 is 0. The molecule has 1 atom stereocenters.